The minimum atomic E-state index is -1.94. The number of unbranched alkanes of at least 4 members (excludes halogenated alkanes) is 1. The van der Waals surface area contributed by atoms with Crippen LogP contribution in [-0.4, -0.2) is 253 Å². The number of carbonyl (C=O) groups excluding carboxylic acids is 14. The van der Waals surface area contributed by atoms with E-state index < -0.39 is 223 Å². The summed E-state index contributed by atoms with van der Waals surface area (Å²) >= 11 is 1.25. The van der Waals surface area contributed by atoms with Crippen LogP contribution in [0, 0.1) is 17.8 Å². The third kappa shape index (κ3) is 33.7. The molecule has 1 saturated heterocycles. The molecule has 1 aromatic rings. The summed E-state index contributed by atoms with van der Waals surface area (Å²) in [5, 5.41) is 79.8. The minimum Gasteiger partial charge on any atom is -0.481 e. The molecule has 0 bridgehead atoms. The normalized spacial score (nSPS) is 16.8. The number of nitrogens with one attached hydrogen (secondary N) is 12. The summed E-state index contributed by atoms with van der Waals surface area (Å²) in [6, 6.07) is -11.7. The predicted molar refractivity (Wildman–Crippen MR) is 391 cm³/mol. The number of amides is 14. The van der Waals surface area contributed by atoms with Crippen molar-refractivity contribution in [3.8, 4) is 0 Å². The number of benzene rings is 1. The van der Waals surface area contributed by atoms with E-state index in [9.17, 15) is 107 Å². The van der Waals surface area contributed by atoms with Crippen LogP contribution in [0.2, 0.25) is 0 Å². The van der Waals surface area contributed by atoms with Crippen LogP contribution >= 0.6 is 11.8 Å². The van der Waals surface area contributed by atoms with Crippen LogP contribution in [-0.2, 0) is 87.9 Å². The molecule has 23 N–H and O–H groups in total. The predicted octanol–water partition coefficient (Wildman–Crippen LogP) is -4.90. The van der Waals surface area contributed by atoms with Gasteiger partial charge >= 0.3 is 17.9 Å². The van der Waals surface area contributed by atoms with Gasteiger partial charge in [-0.2, -0.15) is 11.8 Å². The molecule has 14 amide bonds. The molecule has 1 fully saturated rings. The molecule has 108 heavy (non-hydrogen) atoms. The van der Waals surface area contributed by atoms with Crippen molar-refractivity contribution >= 4 is 112 Å². The topological polar surface area (TPSA) is 617 Å². The number of thioether (sulfide) groups is 1. The van der Waals surface area contributed by atoms with Crippen molar-refractivity contribution in [2.45, 2.75) is 243 Å². The fourth-order valence-electron chi connectivity index (χ4n) is 11.2. The monoisotopic (exact) mass is 1550 g/mol. The number of hydrogen-bond donors (Lipinski definition) is 20. The maximum Gasteiger partial charge on any atom is 0.326 e. The van der Waals surface area contributed by atoms with Gasteiger partial charge in [0.05, 0.1) is 37.6 Å². The molecule has 16 atom stereocenters. The highest BCUT2D eigenvalue weighted by Crippen LogP contribution is 2.21. The van der Waals surface area contributed by atoms with Gasteiger partial charge in [0.2, 0.25) is 82.7 Å². The van der Waals surface area contributed by atoms with Crippen molar-refractivity contribution in [1.29, 1.82) is 0 Å². The van der Waals surface area contributed by atoms with Crippen LogP contribution in [0.4, 0.5) is 0 Å². The largest absolute Gasteiger partial charge is 0.481 e. The first-order valence-corrected chi connectivity index (χ1v) is 37.3. The lowest BCUT2D eigenvalue weighted by molar-refractivity contribution is -0.145. The highest BCUT2D eigenvalue weighted by molar-refractivity contribution is 7.98. The number of primary amides is 1. The van der Waals surface area contributed by atoms with E-state index in [1.54, 1.807) is 78.1 Å². The van der Waals surface area contributed by atoms with E-state index in [1.807, 2.05) is 0 Å². The molecule has 1 aliphatic heterocycles. The number of carbonyl (C=O) groups is 17. The summed E-state index contributed by atoms with van der Waals surface area (Å²) < 4.78 is 0. The maximum absolute atomic E-state index is 14.5. The van der Waals surface area contributed by atoms with Crippen molar-refractivity contribution in [2.75, 3.05) is 31.6 Å². The zero-order valence-electron chi connectivity index (χ0n) is 62.8. The van der Waals surface area contributed by atoms with E-state index >= 15 is 0 Å². The van der Waals surface area contributed by atoms with Crippen molar-refractivity contribution in [3.63, 3.8) is 0 Å². The molecule has 1 heterocycles. The van der Waals surface area contributed by atoms with Gasteiger partial charge in [0.15, 0.2) is 0 Å². The first kappa shape index (κ1) is 94.5. The molecule has 1 aliphatic rings. The van der Waals surface area contributed by atoms with Gasteiger partial charge < -0.3 is 111 Å². The maximum atomic E-state index is 14.5. The number of likely N-dealkylation sites (tertiary alicyclic amines) is 1. The number of hydrogen-bond acceptors (Lipinski definition) is 22. The van der Waals surface area contributed by atoms with Gasteiger partial charge in [0.1, 0.15) is 72.5 Å². The molecule has 0 aliphatic carbocycles. The smallest absolute Gasteiger partial charge is 0.326 e. The molecular weight excluding hydrogens is 1440 g/mol. The standard InChI is InChI=1S/C69H112N16O22S/c1-11-36(6)54(66(103)77-43(69(106)107)20-15-16-25-70)82-64(101)48(32-53(92)93)81-67(104)55(38(8)86)83-62(99)44(28-34(2)3)74-51(89)33-73-58(95)42(24-27-108-10)76-61(98)47(31-50(72)88)80-65(102)49-21-17-26-85(49)68(105)56(39(9)87)84-63(100)45(29-35(4)5)78-60(97)46(30-40-18-13-12-14-19-40)79-59(96)41(22-23-52(90)91)75-57(94)37(7)71/h12-14,18-19,34-39,41-49,54-56,86-87H,11,15-17,20-33,70-71H2,1-10H3,(H2,72,88)(H,73,95)(H,74,89)(H,75,94)(H,76,98)(H,77,103)(H,78,97)(H,79,96)(H,80,102)(H,81,104)(H,82,101)(H,83,99)(H,84,100)(H,90,91)(H,92,93)(H,106,107)/t36-,37-,38+,39+,41-,42-,43-,44-,45-,46-,47-,48-,49-,54-,55-,56-/m0/s1. The zero-order valence-corrected chi connectivity index (χ0v) is 63.6. The Morgan fingerprint density at radius 3 is 1.54 bits per heavy atom. The fraction of sp³-hybridized carbons (Fsp3) is 0.667. The van der Waals surface area contributed by atoms with E-state index in [0.29, 0.717) is 18.4 Å². The fourth-order valence-corrected chi connectivity index (χ4v) is 11.7. The van der Waals surface area contributed by atoms with Gasteiger partial charge in [0, 0.05) is 19.4 Å². The molecular formula is C69H112N16O22S. The Balaban J connectivity index is 2.34. The summed E-state index contributed by atoms with van der Waals surface area (Å²) in [6.45, 7) is 12.9. The van der Waals surface area contributed by atoms with E-state index in [2.05, 4.69) is 63.8 Å². The number of nitrogens with two attached hydrogens (primary N) is 3. The Hall–Kier alpha value is -9.60. The van der Waals surface area contributed by atoms with Crippen LogP contribution in [0.1, 0.15) is 151 Å². The Kier molecular flexibility index (Phi) is 41.9. The van der Waals surface area contributed by atoms with Gasteiger partial charge in [-0.15, -0.1) is 0 Å². The highest BCUT2D eigenvalue weighted by Gasteiger charge is 2.43. The molecule has 1 aromatic carbocycles. The Bertz CT molecular complexity index is 3260. The van der Waals surface area contributed by atoms with E-state index in [0.717, 1.165) is 11.8 Å². The van der Waals surface area contributed by atoms with Crippen LogP contribution < -0.4 is 81.0 Å². The quantitative estimate of drug-likeness (QED) is 0.0272. The zero-order chi connectivity index (χ0) is 81.8. The first-order valence-electron chi connectivity index (χ1n) is 35.9. The molecule has 0 spiro atoms. The molecule has 2 rings (SSSR count). The van der Waals surface area contributed by atoms with E-state index in [-0.39, 0.29) is 88.5 Å². The lowest BCUT2D eigenvalue weighted by Crippen LogP contribution is -2.62. The number of aliphatic hydroxyl groups is 2. The Morgan fingerprint density at radius 2 is 1.01 bits per heavy atom. The Morgan fingerprint density at radius 1 is 0.528 bits per heavy atom. The second-order valence-electron chi connectivity index (χ2n) is 27.6. The Labute approximate surface area is 631 Å². The van der Waals surface area contributed by atoms with Gasteiger partial charge in [-0.05, 0) is 120 Å². The molecule has 39 heteroatoms. The number of aliphatic carboxylic acids is 3. The molecule has 0 unspecified atom stereocenters. The third-order valence-electron chi connectivity index (χ3n) is 17.3. The van der Waals surface area contributed by atoms with Crippen molar-refractivity contribution in [3.05, 3.63) is 35.9 Å². The molecule has 606 valence electrons. The van der Waals surface area contributed by atoms with Crippen molar-refractivity contribution in [2.24, 2.45) is 35.0 Å². The van der Waals surface area contributed by atoms with Crippen LogP contribution in [0.25, 0.3) is 0 Å². The number of nitrogens with zero attached hydrogens (tertiary/aromatic N) is 1. The SMILES string of the molecule is CC[C@H](C)[C@H](NC(=O)[C@H](CC(=O)O)NC(=O)[C@@H](NC(=O)[C@H](CC(C)C)NC(=O)CNC(=O)[C@H](CCSC)NC(=O)[C@H](CC(N)=O)NC(=O)[C@@H]1CCCN1C(=O)[C@@H](NC(=O)[C@H](CC(C)C)NC(=O)[C@H](Cc1ccccc1)NC(=O)[C@H](CCC(=O)O)NC(=O)[C@H](C)N)[C@@H](C)O)[C@@H](C)O)C(=O)N[C@@H](CCCCN)C(=O)O. The third-order valence-corrected chi connectivity index (χ3v) is 18.0. The number of carboxylic acids is 3. The van der Waals surface area contributed by atoms with Crippen LogP contribution in [0.15, 0.2) is 30.3 Å². The number of rotatable bonds is 50. The summed E-state index contributed by atoms with van der Waals surface area (Å²) in [4.78, 5) is 230. The second kappa shape index (κ2) is 47.9. The van der Waals surface area contributed by atoms with E-state index in [1.165, 1.54) is 25.6 Å². The lowest BCUT2D eigenvalue weighted by atomic mass is 9.97. The second-order valence-corrected chi connectivity index (χ2v) is 28.6. The number of aliphatic hydroxyl groups excluding tert-OH is 2. The molecule has 38 nitrogen and oxygen atoms in total. The number of carboxylic acid groups (broad SMARTS) is 3. The summed E-state index contributed by atoms with van der Waals surface area (Å²) in [5.41, 5.74) is 17.3. The first-order chi connectivity index (χ1) is 50.7. The molecule has 0 aromatic heterocycles. The molecule has 0 saturated carbocycles. The lowest BCUT2D eigenvalue weighted by Gasteiger charge is -2.32. The highest BCUT2D eigenvalue weighted by atomic mass is 32.2. The summed E-state index contributed by atoms with van der Waals surface area (Å²) in [6.07, 6.45) is -3.81. The summed E-state index contributed by atoms with van der Waals surface area (Å²) in [5.74, 6) is -19.5. The average molecular weight is 1550 g/mol. The molecule has 0 radical (unpaired) electrons. The van der Waals surface area contributed by atoms with Crippen LogP contribution in [0.3, 0.4) is 0 Å². The summed E-state index contributed by atoms with van der Waals surface area (Å²) in [7, 11) is 0. The van der Waals surface area contributed by atoms with Gasteiger partial charge in [-0.1, -0.05) is 78.3 Å². The van der Waals surface area contributed by atoms with Gasteiger partial charge in [-0.3, -0.25) is 76.7 Å². The van der Waals surface area contributed by atoms with Gasteiger partial charge in [0.25, 0.3) is 0 Å². The average Bonchev–Trinajstić information content (AvgIpc) is 1.60. The van der Waals surface area contributed by atoms with Crippen molar-refractivity contribution < 1.29 is 107 Å². The minimum absolute atomic E-state index is 0.00680. The van der Waals surface area contributed by atoms with Crippen LogP contribution in [0.5, 0.6) is 0 Å². The van der Waals surface area contributed by atoms with Gasteiger partial charge in [-0.25, -0.2) is 4.79 Å². The van der Waals surface area contributed by atoms with E-state index in [4.69, 9.17) is 17.2 Å². The van der Waals surface area contributed by atoms with Crippen molar-refractivity contribution in [1.82, 2.24) is 68.7 Å².